The Morgan fingerprint density at radius 2 is 1.75 bits per heavy atom. The standard InChI is InChI=1S/C17H29N3/c1-17(13-18,14-20-10-4-5-11-20)12-15-6-8-16(9-7-15)19(2)3/h6-9H,4-5,10-14,18H2,1-3H3. The van der Waals surface area contributed by atoms with Crippen LogP contribution in [-0.4, -0.2) is 45.2 Å². The number of nitrogens with zero attached hydrogens (tertiary/aromatic N) is 2. The maximum Gasteiger partial charge on any atom is 0.0361 e. The molecule has 1 aromatic rings. The minimum Gasteiger partial charge on any atom is -0.378 e. The van der Waals surface area contributed by atoms with Crippen molar-refractivity contribution in [3.8, 4) is 0 Å². The van der Waals surface area contributed by atoms with E-state index in [1.54, 1.807) is 0 Å². The van der Waals surface area contributed by atoms with Crippen molar-refractivity contribution in [2.75, 3.05) is 45.2 Å². The van der Waals surface area contributed by atoms with Crippen molar-refractivity contribution >= 4 is 5.69 Å². The van der Waals surface area contributed by atoms with Crippen LogP contribution in [0.1, 0.15) is 25.3 Å². The molecule has 1 saturated heterocycles. The van der Waals surface area contributed by atoms with E-state index in [0.717, 1.165) is 19.5 Å². The Morgan fingerprint density at radius 3 is 2.25 bits per heavy atom. The molecule has 1 aliphatic heterocycles. The molecule has 0 aliphatic carbocycles. The normalized spacial score (nSPS) is 19.0. The number of likely N-dealkylation sites (tertiary alicyclic amines) is 1. The van der Waals surface area contributed by atoms with E-state index >= 15 is 0 Å². The van der Waals surface area contributed by atoms with Crippen LogP contribution in [-0.2, 0) is 6.42 Å². The van der Waals surface area contributed by atoms with Crippen LogP contribution in [0.25, 0.3) is 0 Å². The molecular formula is C17H29N3. The second-order valence-electron chi connectivity index (χ2n) is 6.74. The van der Waals surface area contributed by atoms with Crippen molar-refractivity contribution in [1.29, 1.82) is 0 Å². The van der Waals surface area contributed by atoms with Gasteiger partial charge in [0.1, 0.15) is 0 Å². The monoisotopic (exact) mass is 275 g/mol. The van der Waals surface area contributed by atoms with Gasteiger partial charge in [0.15, 0.2) is 0 Å². The zero-order valence-corrected chi connectivity index (χ0v) is 13.2. The van der Waals surface area contributed by atoms with Crippen molar-refractivity contribution < 1.29 is 0 Å². The average Bonchev–Trinajstić information content (AvgIpc) is 2.92. The molecule has 112 valence electrons. The van der Waals surface area contributed by atoms with Crippen molar-refractivity contribution in [3.05, 3.63) is 29.8 Å². The van der Waals surface area contributed by atoms with Gasteiger partial charge in [0.05, 0.1) is 0 Å². The van der Waals surface area contributed by atoms with E-state index in [-0.39, 0.29) is 5.41 Å². The summed E-state index contributed by atoms with van der Waals surface area (Å²) in [4.78, 5) is 4.71. The summed E-state index contributed by atoms with van der Waals surface area (Å²) in [6.07, 6.45) is 3.75. The van der Waals surface area contributed by atoms with E-state index in [1.807, 2.05) is 0 Å². The average molecular weight is 275 g/mol. The highest BCUT2D eigenvalue weighted by atomic mass is 15.1. The minimum absolute atomic E-state index is 0.184. The molecule has 0 radical (unpaired) electrons. The van der Waals surface area contributed by atoms with Crippen molar-refractivity contribution in [1.82, 2.24) is 4.90 Å². The summed E-state index contributed by atoms with van der Waals surface area (Å²) in [5, 5.41) is 0. The molecule has 1 fully saturated rings. The fourth-order valence-corrected chi connectivity index (χ4v) is 3.08. The molecule has 0 bridgehead atoms. The van der Waals surface area contributed by atoms with Gasteiger partial charge in [0.25, 0.3) is 0 Å². The molecular weight excluding hydrogens is 246 g/mol. The lowest BCUT2D eigenvalue weighted by atomic mass is 9.83. The van der Waals surface area contributed by atoms with Gasteiger partial charge in [-0.25, -0.2) is 0 Å². The molecule has 0 spiro atoms. The molecule has 1 atom stereocenters. The molecule has 3 nitrogen and oxygen atoms in total. The van der Waals surface area contributed by atoms with Crippen LogP contribution in [0.5, 0.6) is 0 Å². The van der Waals surface area contributed by atoms with Crippen molar-refractivity contribution in [2.45, 2.75) is 26.2 Å². The molecule has 1 heterocycles. The summed E-state index contributed by atoms with van der Waals surface area (Å²) in [7, 11) is 4.15. The fraction of sp³-hybridized carbons (Fsp3) is 0.647. The Balaban J connectivity index is 2.00. The highest BCUT2D eigenvalue weighted by Crippen LogP contribution is 2.25. The van der Waals surface area contributed by atoms with Gasteiger partial charge in [-0.1, -0.05) is 19.1 Å². The van der Waals surface area contributed by atoms with E-state index < -0.39 is 0 Å². The molecule has 0 saturated carbocycles. The maximum atomic E-state index is 6.08. The molecule has 2 N–H and O–H groups in total. The Hall–Kier alpha value is -1.06. The molecule has 1 unspecified atom stereocenters. The number of hydrogen-bond donors (Lipinski definition) is 1. The van der Waals surface area contributed by atoms with E-state index in [9.17, 15) is 0 Å². The Labute approximate surface area is 123 Å². The molecule has 1 aliphatic rings. The number of rotatable bonds is 6. The second-order valence-corrected chi connectivity index (χ2v) is 6.74. The van der Waals surface area contributed by atoms with Crippen LogP contribution < -0.4 is 10.6 Å². The number of nitrogens with two attached hydrogens (primary N) is 1. The lowest BCUT2D eigenvalue weighted by Crippen LogP contribution is -2.41. The van der Waals surface area contributed by atoms with E-state index in [4.69, 9.17) is 5.73 Å². The van der Waals surface area contributed by atoms with Crippen LogP contribution >= 0.6 is 0 Å². The smallest absolute Gasteiger partial charge is 0.0361 e. The lowest BCUT2D eigenvalue weighted by molar-refractivity contribution is 0.196. The van der Waals surface area contributed by atoms with Crippen LogP contribution in [0.2, 0.25) is 0 Å². The predicted octanol–water partition coefficient (Wildman–Crippen LogP) is 2.36. The Morgan fingerprint density at radius 1 is 1.15 bits per heavy atom. The van der Waals surface area contributed by atoms with Gasteiger partial charge in [0.2, 0.25) is 0 Å². The van der Waals surface area contributed by atoms with Gasteiger partial charge < -0.3 is 15.5 Å². The first-order valence-corrected chi connectivity index (χ1v) is 7.71. The summed E-state index contributed by atoms with van der Waals surface area (Å²) in [5.41, 5.74) is 8.90. The van der Waals surface area contributed by atoms with Gasteiger partial charge in [-0.3, -0.25) is 0 Å². The number of benzene rings is 1. The molecule has 0 aromatic heterocycles. The van der Waals surface area contributed by atoms with Gasteiger partial charge >= 0.3 is 0 Å². The first-order valence-electron chi connectivity index (χ1n) is 7.71. The summed E-state index contributed by atoms with van der Waals surface area (Å²) in [6.45, 7) is 6.69. The number of hydrogen-bond acceptors (Lipinski definition) is 3. The molecule has 2 rings (SSSR count). The zero-order chi connectivity index (χ0) is 14.6. The second kappa shape index (κ2) is 6.59. The van der Waals surface area contributed by atoms with Crippen LogP contribution in [0.3, 0.4) is 0 Å². The van der Waals surface area contributed by atoms with E-state index in [0.29, 0.717) is 0 Å². The highest BCUT2D eigenvalue weighted by molar-refractivity contribution is 5.46. The Bertz CT molecular complexity index is 407. The van der Waals surface area contributed by atoms with Crippen LogP contribution in [0.15, 0.2) is 24.3 Å². The third-order valence-corrected chi connectivity index (χ3v) is 4.38. The third kappa shape index (κ3) is 3.97. The summed E-state index contributed by atoms with van der Waals surface area (Å²) in [6, 6.07) is 8.88. The number of anilines is 1. The Kier molecular flexibility index (Phi) is 5.06. The molecule has 20 heavy (non-hydrogen) atoms. The first kappa shape index (κ1) is 15.3. The predicted molar refractivity (Wildman–Crippen MR) is 87.3 cm³/mol. The molecule has 0 amide bonds. The van der Waals surface area contributed by atoms with Gasteiger partial charge in [-0.05, 0) is 62.0 Å². The van der Waals surface area contributed by atoms with E-state index in [1.165, 1.54) is 37.2 Å². The van der Waals surface area contributed by atoms with Gasteiger partial charge in [-0.2, -0.15) is 0 Å². The van der Waals surface area contributed by atoms with Crippen molar-refractivity contribution in [2.24, 2.45) is 11.1 Å². The summed E-state index contributed by atoms with van der Waals surface area (Å²) >= 11 is 0. The van der Waals surface area contributed by atoms with Crippen molar-refractivity contribution in [3.63, 3.8) is 0 Å². The first-order chi connectivity index (χ1) is 9.52. The van der Waals surface area contributed by atoms with Gasteiger partial charge in [-0.15, -0.1) is 0 Å². The summed E-state index contributed by atoms with van der Waals surface area (Å²) in [5.74, 6) is 0. The SMILES string of the molecule is CN(C)c1ccc(CC(C)(CN)CN2CCCC2)cc1. The van der Waals surface area contributed by atoms with Gasteiger partial charge in [0, 0.05) is 26.3 Å². The maximum absolute atomic E-state index is 6.08. The minimum atomic E-state index is 0.184. The topological polar surface area (TPSA) is 32.5 Å². The molecule has 1 aromatic carbocycles. The zero-order valence-electron chi connectivity index (χ0n) is 13.2. The fourth-order valence-electron chi connectivity index (χ4n) is 3.08. The summed E-state index contributed by atoms with van der Waals surface area (Å²) < 4.78 is 0. The largest absolute Gasteiger partial charge is 0.378 e. The third-order valence-electron chi connectivity index (χ3n) is 4.38. The van der Waals surface area contributed by atoms with Crippen LogP contribution in [0, 0.1) is 5.41 Å². The molecule has 3 heteroatoms. The van der Waals surface area contributed by atoms with Crippen LogP contribution in [0.4, 0.5) is 5.69 Å². The quantitative estimate of drug-likeness (QED) is 0.865. The lowest BCUT2D eigenvalue weighted by Gasteiger charge is -2.33. The van der Waals surface area contributed by atoms with E-state index in [2.05, 4.69) is 55.1 Å². The highest BCUT2D eigenvalue weighted by Gasteiger charge is 2.27.